The molecule has 0 aromatic rings. The van der Waals surface area contributed by atoms with Gasteiger partial charge >= 0.3 is 5.97 Å². The highest BCUT2D eigenvalue weighted by molar-refractivity contribution is 5.68. The maximum absolute atomic E-state index is 10.7. The van der Waals surface area contributed by atoms with Crippen molar-refractivity contribution in [3.8, 4) is 0 Å². The van der Waals surface area contributed by atoms with E-state index in [0.717, 1.165) is 38.5 Å². The molecule has 86 valence electrons. The van der Waals surface area contributed by atoms with E-state index in [4.69, 9.17) is 0 Å². The van der Waals surface area contributed by atoms with Crippen molar-refractivity contribution in [1.82, 2.24) is 0 Å². The van der Waals surface area contributed by atoms with Crippen LogP contribution in [-0.2, 0) is 14.3 Å². The number of nitrogens with zero attached hydrogens (tertiary/aromatic N) is 1. The van der Waals surface area contributed by atoms with Crippen molar-refractivity contribution < 1.29 is 14.3 Å². The maximum Gasteiger partial charge on any atom is 0.305 e. The van der Waals surface area contributed by atoms with Crippen LogP contribution < -0.4 is 0 Å². The highest BCUT2D eigenvalue weighted by Gasteiger charge is 1.98. The molecule has 0 aliphatic carbocycles. The van der Waals surface area contributed by atoms with E-state index in [1.165, 1.54) is 13.2 Å². The van der Waals surface area contributed by atoms with Gasteiger partial charge in [-0.1, -0.05) is 25.7 Å². The minimum absolute atomic E-state index is 0.129. The van der Waals surface area contributed by atoms with Crippen molar-refractivity contribution in [2.45, 2.75) is 44.9 Å². The van der Waals surface area contributed by atoms with Crippen LogP contribution in [0.25, 0.3) is 0 Å². The molecule has 0 saturated heterocycles. The summed E-state index contributed by atoms with van der Waals surface area (Å²) in [4.78, 5) is 24.0. The van der Waals surface area contributed by atoms with Gasteiger partial charge in [0.15, 0.2) is 0 Å². The van der Waals surface area contributed by atoms with E-state index in [9.17, 15) is 9.59 Å². The Morgan fingerprint density at radius 2 is 1.73 bits per heavy atom. The summed E-state index contributed by atoms with van der Waals surface area (Å²) in [5, 5.41) is 0. The normalized spacial score (nSPS) is 9.40. The topological polar surface area (TPSA) is 55.7 Å². The minimum Gasteiger partial charge on any atom is -0.469 e. The first kappa shape index (κ1) is 13.8. The average molecular weight is 213 g/mol. The lowest BCUT2D eigenvalue weighted by Gasteiger charge is -2.00. The van der Waals surface area contributed by atoms with Gasteiger partial charge < -0.3 is 4.74 Å². The molecule has 0 fully saturated rings. The Bertz CT molecular complexity index is 210. The average Bonchev–Trinajstić information content (AvgIpc) is 2.26. The number of methoxy groups -OCH3 is 1. The van der Waals surface area contributed by atoms with E-state index in [0.29, 0.717) is 13.0 Å². The molecule has 0 aliphatic heterocycles. The summed E-state index contributed by atoms with van der Waals surface area (Å²) >= 11 is 0. The van der Waals surface area contributed by atoms with Gasteiger partial charge in [0.1, 0.15) is 0 Å². The van der Waals surface area contributed by atoms with Crippen molar-refractivity contribution in [2.75, 3.05) is 13.7 Å². The molecule has 0 saturated carbocycles. The number of hydrogen-bond donors (Lipinski definition) is 0. The molecule has 4 heteroatoms. The summed E-state index contributed by atoms with van der Waals surface area (Å²) in [6.07, 6.45) is 8.30. The Kier molecular flexibility index (Phi) is 10.1. The number of aliphatic imine (C=N–C) groups is 1. The second-order valence-electron chi connectivity index (χ2n) is 3.42. The second-order valence-corrected chi connectivity index (χ2v) is 3.42. The number of carbonyl (C=O) groups is 1. The van der Waals surface area contributed by atoms with E-state index in [1.807, 2.05) is 0 Å². The Hall–Kier alpha value is -1.15. The van der Waals surface area contributed by atoms with Gasteiger partial charge in [0, 0.05) is 6.42 Å². The van der Waals surface area contributed by atoms with Crippen LogP contribution in [0.3, 0.4) is 0 Å². The number of unbranched alkanes of at least 4 members (excludes halogenated alkanes) is 5. The number of hydrogen-bond acceptors (Lipinski definition) is 4. The molecule has 15 heavy (non-hydrogen) atoms. The predicted molar refractivity (Wildman–Crippen MR) is 57.3 cm³/mol. The van der Waals surface area contributed by atoms with Gasteiger partial charge in [-0.25, -0.2) is 9.79 Å². The van der Waals surface area contributed by atoms with Crippen LogP contribution in [0.5, 0.6) is 0 Å². The number of ether oxygens (including phenoxy) is 1. The summed E-state index contributed by atoms with van der Waals surface area (Å²) in [6, 6.07) is 0. The van der Waals surface area contributed by atoms with Gasteiger partial charge in [0.25, 0.3) is 0 Å². The Morgan fingerprint density at radius 1 is 1.13 bits per heavy atom. The summed E-state index contributed by atoms with van der Waals surface area (Å²) in [7, 11) is 1.41. The highest BCUT2D eigenvalue weighted by atomic mass is 16.5. The predicted octanol–water partition coefficient (Wildman–Crippen LogP) is 2.23. The van der Waals surface area contributed by atoms with Crippen LogP contribution in [-0.4, -0.2) is 25.7 Å². The van der Waals surface area contributed by atoms with Crippen LogP contribution in [0.1, 0.15) is 44.9 Å². The first-order valence-corrected chi connectivity index (χ1v) is 5.41. The molecular weight excluding hydrogens is 194 g/mol. The third kappa shape index (κ3) is 10.8. The van der Waals surface area contributed by atoms with Gasteiger partial charge in [0.2, 0.25) is 6.08 Å². The Labute approximate surface area is 90.7 Å². The van der Waals surface area contributed by atoms with Gasteiger partial charge in [-0.15, -0.1) is 0 Å². The van der Waals surface area contributed by atoms with Crippen molar-refractivity contribution in [3.63, 3.8) is 0 Å². The summed E-state index contributed by atoms with van der Waals surface area (Å²) < 4.78 is 4.53. The summed E-state index contributed by atoms with van der Waals surface area (Å²) in [5.74, 6) is -0.129. The van der Waals surface area contributed by atoms with Crippen molar-refractivity contribution >= 4 is 12.0 Å². The second kappa shape index (κ2) is 10.9. The van der Waals surface area contributed by atoms with Gasteiger partial charge in [-0.3, -0.25) is 4.79 Å². The number of rotatable bonds is 9. The fraction of sp³-hybridized carbons (Fsp3) is 0.818. The lowest BCUT2D eigenvalue weighted by molar-refractivity contribution is -0.140. The largest absolute Gasteiger partial charge is 0.469 e. The Balaban J connectivity index is 3.05. The summed E-state index contributed by atoms with van der Waals surface area (Å²) in [6.45, 7) is 0.589. The molecule has 0 radical (unpaired) electrons. The zero-order valence-electron chi connectivity index (χ0n) is 9.33. The van der Waals surface area contributed by atoms with E-state index >= 15 is 0 Å². The first-order valence-electron chi connectivity index (χ1n) is 5.41. The molecule has 0 atom stereocenters. The molecule has 0 rings (SSSR count). The maximum atomic E-state index is 10.7. The Morgan fingerprint density at radius 3 is 2.33 bits per heavy atom. The zero-order chi connectivity index (χ0) is 11.4. The molecule has 0 unspecified atom stereocenters. The van der Waals surface area contributed by atoms with E-state index < -0.39 is 0 Å². The molecule has 0 aromatic carbocycles. The van der Waals surface area contributed by atoms with Crippen LogP contribution in [0.4, 0.5) is 0 Å². The highest BCUT2D eigenvalue weighted by Crippen LogP contribution is 2.07. The van der Waals surface area contributed by atoms with Gasteiger partial charge in [0.05, 0.1) is 13.7 Å². The quantitative estimate of drug-likeness (QED) is 0.255. The van der Waals surface area contributed by atoms with E-state index in [2.05, 4.69) is 9.73 Å². The fourth-order valence-electron chi connectivity index (χ4n) is 1.32. The van der Waals surface area contributed by atoms with Gasteiger partial charge in [-0.05, 0) is 12.8 Å². The molecule has 4 nitrogen and oxygen atoms in total. The van der Waals surface area contributed by atoms with Crippen LogP contribution in [0, 0.1) is 0 Å². The monoisotopic (exact) mass is 213 g/mol. The number of carbonyl (C=O) groups excluding carboxylic acids is 2. The third-order valence-corrected chi connectivity index (χ3v) is 2.19. The van der Waals surface area contributed by atoms with Crippen molar-refractivity contribution in [2.24, 2.45) is 4.99 Å². The molecule has 0 aromatic heterocycles. The SMILES string of the molecule is COC(=O)CCCCCCCCN=C=O. The van der Waals surface area contributed by atoms with E-state index in [-0.39, 0.29) is 5.97 Å². The lowest BCUT2D eigenvalue weighted by Crippen LogP contribution is -1.99. The molecule has 0 N–H and O–H groups in total. The minimum atomic E-state index is -0.129. The number of esters is 1. The third-order valence-electron chi connectivity index (χ3n) is 2.19. The molecule has 0 heterocycles. The standard InChI is InChI=1S/C11H19NO3/c1-15-11(14)8-6-4-2-3-5-7-9-12-10-13/h2-9H2,1H3. The van der Waals surface area contributed by atoms with Crippen LogP contribution >= 0.6 is 0 Å². The molecule has 0 spiro atoms. The molecular formula is C11H19NO3. The summed E-state index contributed by atoms with van der Waals surface area (Å²) in [5.41, 5.74) is 0. The van der Waals surface area contributed by atoms with Crippen LogP contribution in [0.2, 0.25) is 0 Å². The zero-order valence-corrected chi connectivity index (χ0v) is 9.33. The van der Waals surface area contributed by atoms with Crippen molar-refractivity contribution in [3.05, 3.63) is 0 Å². The fourth-order valence-corrected chi connectivity index (χ4v) is 1.32. The van der Waals surface area contributed by atoms with Crippen LogP contribution in [0.15, 0.2) is 4.99 Å². The van der Waals surface area contributed by atoms with E-state index in [1.54, 1.807) is 0 Å². The first-order chi connectivity index (χ1) is 7.31. The van der Waals surface area contributed by atoms with Crippen molar-refractivity contribution in [1.29, 1.82) is 0 Å². The lowest BCUT2D eigenvalue weighted by atomic mass is 10.1. The number of isocyanates is 1. The molecule has 0 bridgehead atoms. The molecule has 0 amide bonds. The molecule has 0 aliphatic rings. The van der Waals surface area contributed by atoms with Gasteiger partial charge in [-0.2, -0.15) is 0 Å². The smallest absolute Gasteiger partial charge is 0.305 e.